The molecule has 0 aliphatic rings. The van der Waals surface area contributed by atoms with E-state index in [1.165, 1.54) is 0 Å². The van der Waals surface area contributed by atoms with Gasteiger partial charge in [-0.1, -0.05) is 13.5 Å². The summed E-state index contributed by atoms with van der Waals surface area (Å²) in [5.74, 6) is -1.24. The van der Waals surface area contributed by atoms with Gasteiger partial charge in [-0.3, -0.25) is 9.59 Å². The SMILES string of the molecule is C=CC(=O)NC(CC)CC(=O)O. The first kappa shape index (κ1) is 10.7. The molecule has 0 spiro atoms. The highest BCUT2D eigenvalue weighted by Crippen LogP contribution is 1.96. The molecule has 12 heavy (non-hydrogen) atoms. The fourth-order valence-corrected chi connectivity index (χ4v) is 0.768. The van der Waals surface area contributed by atoms with Crippen molar-refractivity contribution in [3.8, 4) is 0 Å². The van der Waals surface area contributed by atoms with Crippen LogP contribution in [0.3, 0.4) is 0 Å². The summed E-state index contributed by atoms with van der Waals surface area (Å²) in [5, 5.41) is 10.9. The van der Waals surface area contributed by atoms with E-state index >= 15 is 0 Å². The van der Waals surface area contributed by atoms with Crippen LogP contribution in [0.1, 0.15) is 19.8 Å². The maximum Gasteiger partial charge on any atom is 0.305 e. The van der Waals surface area contributed by atoms with Crippen LogP contribution in [0.4, 0.5) is 0 Å². The number of amides is 1. The summed E-state index contributed by atoms with van der Waals surface area (Å²) in [6, 6.07) is -0.298. The van der Waals surface area contributed by atoms with Crippen molar-refractivity contribution in [3.05, 3.63) is 12.7 Å². The minimum absolute atomic E-state index is 0.0456. The van der Waals surface area contributed by atoms with E-state index in [1.54, 1.807) is 0 Å². The molecule has 4 heteroatoms. The van der Waals surface area contributed by atoms with Gasteiger partial charge in [-0.15, -0.1) is 0 Å². The summed E-state index contributed by atoms with van der Waals surface area (Å²) in [4.78, 5) is 21.0. The molecule has 1 unspecified atom stereocenters. The Morgan fingerprint density at radius 3 is 2.58 bits per heavy atom. The predicted octanol–water partition coefficient (Wildman–Crippen LogP) is 0.542. The molecule has 0 heterocycles. The van der Waals surface area contributed by atoms with Crippen molar-refractivity contribution in [3.63, 3.8) is 0 Å². The molecule has 0 aromatic heterocycles. The van der Waals surface area contributed by atoms with Crippen molar-refractivity contribution in [2.45, 2.75) is 25.8 Å². The zero-order valence-corrected chi connectivity index (χ0v) is 7.04. The third-order valence-electron chi connectivity index (χ3n) is 1.45. The standard InChI is InChI=1S/C8H13NO3/c1-3-6(5-8(11)12)9-7(10)4-2/h4,6H,2-3,5H2,1H3,(H,9,10)(H,11,12). The Morgan fingerprint density at radius 2 is 2.25 bits per heavy atom. The Hall–Kier alpha value is -1.32. The number of hydrogen-bond donors (Lipinski definition) is 2. The largest absolute Gasteiger partial charge is 0.481 e. The van der Waals surface area contributed by atoms with Crippen LogP contribution in [-0.4, -0.2) is 23.0 Å². The van der Waals surface area contributed by atoms with Crippen LogP contribution < -0.4 is 5.32 Å². The smallest absolute Gasteiger partial charge is 0.305 e. The number of aliphatic carboxylic acids is 1. The molecule has 0 aromatic carbocycles. The topological polar surface area (TPSA) is 66.4 Å². The summed E-state index contributed by atoms with van der Waals surface area (Å²) < 4.78 is 0. The van der Waals surface area contributed by atoms with E-state index in [0.717, 1.165) is 6.08 Å². The van der Waals surface area contributed by atoms with Gasteiger partial charge in [-0.2, -0.15) is 0 Å². The summed E-state index contributed by atoms with van der Waals surface area (Å²) in [6.45, 7) is 5.08. The molecule has 2 N–H and O–H groups in total. The second-order valence-corrected chi connectivity index (χ2v) is 2.42. The highest BCUT2D eigenvalue weighted by Gasteiger charge is 2.11. The third kappa shape index (κ3) is 4.49. The molecule has 0 aliphatic carbocycles. The van der Waals surface area contributed by atoms with Crippen LogP contribution in [0, 0.1) is 0 Å². The average molecular weight is 171 g/mol. The molecule has 1 amide bonds. The van der Waals surface area contributed by atoms with Crippen molar-refractivity contribution in [2.24, 2.45) is 0 Å². The number of carbonyl (C=O) groups excluding carboxylic acids is 1. The van der Waals surface area contributed by atoms with Crippen molar-refractivity contribution in [1.29, 1.82) is 0 Å². The first-order valence-electron chi connectivity index (χ1n) is 3.74. The van der Waals surface area contributed by atoms with Gasteiger partial charge in [0.05, 0.1) is 6.42 Å². The quantitative estimate of drug-likeness (QED) is 0.593. The minimum Gasteiger partial charge on any atom is -0.481 e. The second kappa shape index (κ2) is 5.35. The van der Waals surface area contributed by atoms with Crippen molar-refractivity contribution >= 4 is 11.9 Å². The first-order valence-corrected chi connectivity index (χ1v) is 3.74. The summed E-state index contributed by atoms with van der Waals surface area (Å²) in [5.41, 5.74) is 0. The zero-order valence-electron chi connectivity index (χ0n) is 7.04. The van der Waals surface area contributed by atoms with E-state index in [0.29, 0.717) is 6.42 Å². The van der Waals surface area contributed by atoms with E-state index in [2.05, 4.69) is 11.9 Å². The molecular formula is C8H13NO3. The third-order valence-corrected chi connectivity index (χ3v) is 1.45. The van der Waals surface area contributed by atoms with Gasteiger partial charge in [0.25, 0.3) is 0 Å². The molecule has 0 radical (unpaired) electrons. The maximum atomic E-state index is 10.7. The van der Waals surface area contributed by atoms with E-state index in [9.17, 15) is 9.59 Å². The Balaban J connectivity index is 3.90. The molecule has 0 bridgehead atoms. The lowest BCUT2D eigenvalue weighted by molar-refractivity contribution is -0.137. The number of carboxylic acids is 1. The minimum atomic E-state index is -0.911. The second-order valence-electron chi connectivity index (χ2n) is 2.42. The van der Waals surface area contributed by atoms with Crippen LogP contribution >= 0.6 is 0 Å². The molecule has 0 aliphatic heterocycles. The van der Waals surface area contributed by atoms with Gasteiger partial charge >= 0.3 is 5.97 Å². The zero-order chi connectivity index (χ0) is 9.56. The Bertz CT molecular complexity index is 189. The lowest BCUT2D eigenvalue weighted by atomic mass is 10.1. The van der Waals surface area contributed by atoms with Gasteiger partial charge in [0.15, 0.2) is 0 Å². The highest BCUT2D eigenvalue weighted by molar-refractivity contribution is 5.87. The van der Waals surface area contributed by atoms with Crippen LogP contribution in [0.5, 0.6) is 0 Å². The number of carbonyl (C=O) groups is 2. The van der Waals surface area contributed by atoms with Gasteiger partial charge in [-0.25, -0.2) is 0 Å². The maximum absolute atomic E-state index is 10.7. The van der Waals surface area contributed by atoms with Crippen LogP contribution in [0.15, 0.2) is 12.7 Å². The molecule has 1 atom stereocenters. The van der Waals surface area contributed by atoms with Crippen molar-refractivity contribution in [2.75, 3.05) is 0 Å². The van der Waals surface area contributed by atoms with Crippen molar-refractivity contribution in [1.82, 2.24) is 5.32 Å². The van der Waals surface area contributed by atoms with Crippen LogP contribution in [0.2, 0.25) is 0 Å². The fourth-order valence-electron chi connectivity index (χ4n) is 0.768. The van der Waals surface area contributed by atoms with Gasteiger partial charge in [0.1, 0.15) is 0 Å². The number of carboxylic acid groups (broad SMARTS) is 1. The summed E-state index contributed by atoms with van der Waals surface area (Å²) in [6.07, 6.45) is 1.69. The lowest BCUT2D eigenvalue weighted by Gasteiger charge is -2.12. The van der Waals surface area contributed by atoms with Gasteiger partial charge in [0, 0.05) is 6.04 Å². The normalized spacial score (nSPS) is 11.8. The molecule has 0 aromatic rings. The average Bonchev–Trinajstić information content (AvgIpc) is 2.02. The molecule has 0 saturated carbocycles. The predicted molar refractivity (Wildman–Crippen MR) is 44.7 cm³/mol. The van der Waals surface area contributed by atoms with Crippen LogP contribution in [-0.2, 0) is 9.59 Å². The van der Waals surface area contributed by atoms with Crippen molar-refractivity contribution < 1.29 is 14.7 Å². The van der Waals surface area contributed by atoms with E-state index in [-0.39, 0.29) is 18.4 Å². The van der Waals surface area contributed by atoms with E-state index < -0.39 is 5.97 Å². The number of nitrogens with one attached hydrogen (secondary N) is 1. The molecule has 68 valence electrons. The van der Waals surface area contributed by atoms with Gasteiger partial charge in [0.2, 0.25) is 5.91 Å². The molecule has 0 saturated heterocycles. The van der Waals surface area contributed by atoms with Gasteiger partial charge in [-0.05, 0) is 12.5 Å². The Morgan fingerprint density at radius 1 is 1.67 bits per heavy atom. The lowest BCUT2D eigenvalue weighted by Crippen LogP contribution is -2.34. The number of rotatable bonds is 5. The molecule has 0 rings (SSSR count). The molecule has 0 fully saturated rings. The number of hydrogen-bond acceptors (Lipinski definition) is 2. The fraction of sp³-hybridized carbons (Fsp3) is 0.500. The van der Waals surface area contributed by atoms with E-state index in [4.69, 9.17) is 5.11 Å². The van der Waals surface area contributed by atoms with E-state index in [1.807, 2.05) is 6.92 Å². The first-order chi connectivity index (χ1) is 5.60. The Labute approximate surface area is 71.3 Å². The summed E-state index contributed by atoms with van der Waals surface area (Å²) >= 11 is 0. The Kier molecular flexibility index (Phi) is 4.76. The molecule has 4 nitrogen and oxygen atoms in total. The molecular weight excluding hydrogens is 158 g/mol. The van der Waals surface area contributed by atoms with Gasteiger partial charge < -0.3 is 10.4 Å². The summed E-state index contributed by atoms with van der Waals surface area (Å²) in [7, 11) is 0. The highest BCUT2D eigenvalue weighted by atomic mass is 16.4. The van der Waals surface area contributed by atoms with Crippen LogP contribution in [0.25, 0.3) is 0 Å². The monoisotopic (exact) mass is 171 g/mol.